The number of nitrogens with zero attached hydrogens (tertiary/aromatic N) is 2. The van der Waals surface area contributed by atoms with E-state index in [4.69, 9.17) is 4.74 Å². The van der Waals surface area contributed by atoms with Gasteiger partial charge in [-0.3, -0.25) is 0 Å². The molecule has 0 aliphatic heterocycles. The Morgan fingerprint density at radius 2 is 1.90 bits per heavy atom. The third-order valence-electron chi connectivity index (χ3n) is 3.28. The zero-order valence-corrected chi connectivity index (χ0v) is 12.8. The maximum atomic E-state index is 13.8. The minimum atomic E-state index is -0.854. The van der Waals surface area contributed by atoms with Gasteiger partial charge in [0.25, 0.3) is 0 Å². The number of methoxy groups -OCH3 is 1. The van der Waals surface area contributed by atoms with Crippen LogP contribution in [0.3, 0.4) is 0 Å². The van der Waals surface area contributed by atoms with Gasteiger partial charge in [-0.2, -0.15) is 0 Å². The molecule has 20 heavy (non-hydrogen) atoms. The summed E-state index contributed by atoms with van der Waals surface area (Å²) in [7, 11) is 7.52. The lowest BCUT2D eigenvalue weighted by Gasteiger charge is -2.21. The van der Waals surface area contributed by atoms with Crippen molar-refractivity contribution in [2.45, 2.75) is 12.5 Å². The van der Waals surface area contributed by atoms with E-state index in [1.165, 1.54) is 13.2 Å². The number of hydrogen-bond acceptors (Lipinski definition) is 4. The maximum Gasteiger partial charge on any atom is 0.132 e. The molecule has 0 amide bonds. The van der Waals surface area contributed by atoms with Crippen molar-refractivity contribution in [1.29, 1.82) is 0 Å². The van der Waals surface area contributed by atoms with Gasteiger partial charge in [-0.05, 0) is 39.7 Å². The Bertz CT molecular complexity index is 413. The van der Waals surface area contributed by atoms with Gasteiger partial charge in [0.05, 0.1) is 18.8 Å². The normalized spacial score (nSPS) is 13.0. The number of benzene rings is 1. The molecule has 0 heterocycles. The highest BCUT2D eigenvalue weighted by Gasteiger charge is 2.18. The summed E-state index contributed by atoms with van der Waals surface area (Å²) in [5, 5.41) is 10.2. The molecule has 5 heteroatoms. The van der Waals surface area contributed by atoms with E-state index in [1.807, 2.05) is 21.1 Å². The lowest BCUT2D eigenvalue weighted by atomic mass is 10.0. The van der Waals surface area contributed by atoms with Gasteiger partial charge in [-0.15, -0.1) is 0 Å². The van der Waals surface area contributed by atoms with Crippen LogP contribution in [-0.2, 0) is 0 Å². The van der Waals surface area contributed by atoms with Crippen LogP contribution in [0.15, 0.2) is 18.2 Å². The van der Waals surface area contributed by atoms with Crippen molar-refractivity contribution in [3.63, 3.8) is 0 Å². The number of likely N-dealkylation sites (N-methyl/N-ethyl adjacent to an activating group) is 2. The Labute approximate surface area is 120 Å². The van der Waals surface area contributed by atoms with Gasteiger partial charge >= 0.3 is 0 Å². The average molecular weight is 284 g/mol. The number of aliphatic hydroxyl groups is 1. The van der Waals surface area contributed by atoms with Crippen LogP contribution in [0.5, 0.6) is 5.75 Å². The topological polar surface area (TPSA) is 35.9 Å². The van der Waals surface area contributed by atoms with Crippen LogP contribution in [0.1, 0.15) is 18.1 Å². The molecule has 114 valence electrons. The van der Waals surface area contributed by atoms with Gasteiger partial charge in [-0.25, -0.2) is 4.39 Å². The van der Waals surface area contributed by atoms with E-state index >= 15 is 0 Å². The zero-order chi connectivity index (χ0) is 15.1. The van der Waals surface area contributed by atoms with E-state index in [0.29, 0.717) is 18.7 Å². The first-order valence-electron chi connectivity index (χ1n) is 6.79. The van der Waals surface area contributed by atoms with Crippen molar-refractivity contribution in [3.05, 3.63) is 29.6 Å². The first-order valence-corrected chi connectivity index (χ1v) is 6.79. The fourth-order valence-corrected chi connectivity index (χ4v) is 1.99. The number of hydrogen-bond donors (Lipinski definition) is 1. The predicted molar refractivity (Wildman–Crippen MR) is 78.6 cm³/mol. The van der Waals surface area contributed by atoms with Crippen LogP contribution in [0.25, 0.3) is 0 Å². The quantitative estimate of drug-likeness (QED) is 0.789. The Morgan fingerprint density at radius 3 is 2.50 bits per heavy atom. The second-order valence-corrected chi connectivity index (χ2v) is 5.27. The first kappa shape index (κ1) is 16.9. The van der Waals surface area contributed by atoms with E-state index in [-0.39, 0.29) is 5.56 Å². The fourth-order valence-electron chi connectivity index (χ4n) is 1.99. The molecule has 0 aromatic heterocycles. The molecule has 0 fully saturated rings. The summed E-state index contributed by atoms with van der Waals surface area (Å²) in [4.78, 5) is 4.23. The van der Waals surface area contributed by atoms with Crippen molar-refractivity contribution < 1.29 is 14.2 Å². The van der Waals surface area contributed by atoms with Gasteiger partial charge < -0.3 is 19.6 Å². The largest absolute Gasteiger partial charge is 0.496 e. The summed E-state index contributed by atoms with van der Waals surface area (Å²) in [5.74, 6) is -0.0266. The highest BCUT2D eigenvalue weighted by Crippen LogP contribution is 2.29. The molecular formula is C15H25FN2O2. The summed E-state index contributed by atoms with van der Waals surface area (Å²) in [6.45, 7) is 2.57. The molecule has 0 aliphatic carbocycles. The third kappa shape index (κ3) is 5.07. The van der Waals surface area contributed by atoms with Gasteiger partial charge in [0, 0.05) is 19.6 Å². The molecule has 0 saturated heterocycles. The van der Waals surface area contributed by atoms with E-state index in [1.54, 1.807) is 12.1 Å². The predicted octanol–water partition coefficient (Wildman–Crippen LogP) is 1.75. The second kappa shape index (κ2) is 8.19. The van der Waals surface area contributed by atoms with E-state index < -0.39 is 11.9 Å². The monoisotopic (exact) mass is 284 g/mol. The lowest BCUT2D eigenvalue weighted by molar-refractivity contribution is 0.139. The van der Waals surface area contributed by atoms with Crippen molar-refractivity contribution >= 4 is 0 Å². The van der Waals surface area contributed by atoms with Crippen LogP contribution < -0.4 is 4.74 Å². The smallest absolute Gasteiger partial charge is 0.132 e. The summed E-state index contributed by atoms with van der Waals surface area (Å²) >= 11 is 0. The van der Waals surface area contributed by atoms with E-state index in [9.17, 15) is 9.50 Å². The lowest BCUT2D eigenvalue weighted by Crippen LogP contribution is -2.30. The summed E-state index contributed by atoms with van der Waals surface area (Å²) in [6.07, 6.45) is -0.380. The van der Waals surface area contributed by atoms with Crippen LogP contribution in [-0.4, -0.2) is 62.8 Å². The maximum absolute atomic E-state index is 13.8. The molecule has 0 saturated carbocycles. The van der Waals surface area contributed by atoms with Gasteiger partial charge in [0.2, 0.25) is 0 Å². The van der Waals surface area contributed by atoms with Crippen molar-refractivity contribution in [2.75, 3.05) is 47.9 Å². The van der Waals surface area contributed by atoms with Crippen LogP contribution in [0, 0.1) is 5.82 Å². The Morgan fingerprint density at radius 1 is 1.20 bits per heavy atom. The molecule has 1 rings (SSSR count). The molecule has 1 aromatic rings. The molecular weight excluding hydrogens is 259 g/mol. The highest BCUT2D eigenvalue weighted by molar-refractivity contribution is 5.36. The molecule has 0 spiro atoms. The molecule has 0 bridgehead atoms. The van der Waals surface area contributed by atoms with Crippen molar-refractivity contribution in [3.8, 4) is 5.75 Å². The zero-order valence-electron chi connectivity index (χ0n) is 12.8. The third-order valence-corrected chi connectivity index (χ3v) is 3.28. The van der Waals surface area contributed by atoms with Crippen molar-refractivity contribution in [2.24, 2.45) is 0 Å². The standard InChI is InChI=1S/C15H25FN2O2/c1-17(2)10-11-18(3)9-8-13(19)15-12(16)6-5-7-14(15)20-4/h5-7,13,19H,8-11H2,1-4H3. The minimum absolute atomic E-state index is 0.246. The van der Waals surface area contributed by atoms with Crippen LogP contribution in [0.2, 0.25) is 0 Å². The van der Waals surface area contributed by atoms with Crippen LogP contribution >= 0.6 is 0 Å². The Hall–Kier alpha value is -1.17. The first-order chi connectivity index (χ1) is 9.45. The SMILES string of the molecule is COc1cccc(F)c1C(O)CCN(C)CCN(C)C. The minimum Gasteiger partial charge on any atom is -0.496 e. The van der Waals surface area contributed by atoms with E-state index in [2.05, 4.69) is 9.80 Å². The molecule has 0 radical (unpaired) electrons. The number of halogens is 1. The van der Waals surface area contributed by atoms with E-state index in [0.717, 1.165) is 13.1 Å². The number of ether oxygens (including phenoxy) is 1. The molecule has 1 aromatic carbocycles. The van der Waals surface area contributed by atoms with Gasteiger partial charge in [0.1, 0.15) is 11.6 Å². The average Bonchev–Trinajstić information content (AvgIpc) is 2.42. The summed E-state index contributed by atoms with van der Waals surface area (Å²) in [5.41, 5.74) is 0.246. The Kier molecular flexibility index (Phi) is 6.91. The fraction of sp³-hybridized carbons (Fsp3) is 0.600. The molecule has 1 unspecified atom stereocenters. The number of rotatable bonds is 8. The number of aliphatic hydroxyl groups excluding tert-OH is 1. The van der Waals surface area contributed by atoms with Crippen LogP contribution in [0.4, 0.5) is 4.39 Å². The molecule has 4 nitrogen and oxygen atoms in total. The molecule has 0 aliphatic rings. The van der Waals surface area contributed by atoms with Gasteiger partial charge in [-0.1, -0.05) is 6.07 Å². The van der Waals surface area contributed by atoms with Gasteiger partial charge in [0.15, 0.2) is 0 Å². The summed E-state index contributed by atoms with van der Waals surface area (Å²) in [6, 6.07) is 4.59. The Balaban J connectivity index is 2.56. The summed E-state index contributed by atoms with van der Waals surface area (Å²) < 4.78 is 18.9. The highest BCUT2D eigenvalue weighted by atomic mass is 19.1. The second-order valence-electron chi connectivity index (χ2n) is 5.27. The van der Waals surface area contributed by atoms with Crippen molar-refractivity contribution in [1.82, 2.24) is 9.80 Å². The molecule has 1 N–H and O–H groups in total. The molecule has 1 atom stereocenters.